The molecule has 0 N–H and O–H groups in total. The fourth-order valence-corrected chi connectivity index (χ4v) is 4.99. The van der Waals surface area contributed by atoms with Crippen molar-refractivity contribution in [1.29, 1.82) is 0 Å². The zero-order valence-corrected chi connectivity index (χ0v) is 25.1. The number of aromatic nitrogens is 2. The number of rotatable bonds is 8. The fraction of sp³-hybridized carbons (Fsp3) is 0.448. The first kappa shape index (κ1) is 30.8. The van der Waals surface area contributed by atoms with E-state index < -0.39 is 29.3 Å². The zero-order chi connectivity index (χ0) is 30.4. The Morgan fingerprint density at radius 1 is 1.07 bits per heavy atom. The summed E-state index contributed by atoms with van der Waals surface area (Å²) in [5.41, 5.74) is 0.760. The zero-order valence-electron chi connectivity index (χ0n) is 24.2. The SMILES string of the molecule is CCOC(=O)CN1C(=O)S/C(=C\c2ccc(Oc3ncnc(OC4CCN(C(=O)OC(C)(C)C)CC4)c3C)cc2)C1=O. The van der Waals surface area contributed by atoms with Gasteiger partial charge in [-0.3, -0.25) is 19.3 Å². The lowest BCUT2D eigenvalue weighted by atomic mass is 10.1. The molecule has 0 unspecified atom stereocenters. The maximum atomic E-state index is 12.6. The molecule has 0 radical (unpaired) electrons. The first-order chi connectivity index (χ1) is 19.9. The van der Waals surface area contributed by atoms with Crippen molar-refractivity contribution < 1.29 is 38.1 Å². The quantitative estimate of drug-likeness (QED) is 0.301. The number of thioether (sulfide) groups is 1. The number of nitrogens with zero attached hydrogens (tertiary/aromatic N) is 4. The number of likely N-dealkylation sites (tertiary alicyclic amines) is 1. The molecular weight excluding hydrogens is 564 g/mol. The monoisotopic (exact) mass is 598 g/mol. The topological polar surface area (TPSA) is 137 Å². The van der Waals surface area contributed by atoms with Crippen LogP contribution in [0.25, 0.3) is 6.08 Å². The van der Waals surface area contributed by atoms with Crippen LogP contribution in [0.2, 0.25) is 0 Å². The predicted octanol–water partition coefficient (Wildman–Crippen LogP) is 4.96. The molecular formula is C29H34N4O8S. The van der Waals surface area contributed by atoms with Gasteiger partial charge in [-0.1, -0.05) is 12.1 Å². The minimum Gasteiger partial charge on any atom is -0.474 e. The Kier molecular flexibility index (Phi) is 9.71. The van der Waals surface area contributed by atoms with Crippen LogP contribution in [0.3, 0.4) is 0 Å². The van der Waals surface area contributed by atoms with E-state index >= 15 is 0 Å². The summed E-state index contributed by atoms with van der Waals surface area (Å²) in [6.45, 7) is 9.78. The first-order valence-corrected chi connectivity index (χ1v) is 14.4. The molecule has 0 atom stereocenters. The molecule has 1 aromatic heterocycles. The molecule has 0 aliphatic carbocycles. The van der Waals surface area contributed by atoms with Crippen LogP contribution in [0.4, 0.5) is 9.59 Å². The molecule has 3 heterocycles. The van der Waals surface area contributed by atoms with Crippen molar-refractivity contribution in [2.45, 2.75) is 59.2 Å². The highest BCUT2D eigenvalue weighted by atomic mass is 32.2. The summed E-state index contributed by atoms with van der Waals surface area (Å²) in [5.74, 6) is 0.0589. The number of piperidine rings is 1. The van der Waals surface area contributed by atoms with Gasteiger partial charge in [0.2, 0.25) is 11.8 Å². The highest BCUT2D eigenvalue weighted by Gasteiger charge is 2.36. The third kappa shape index (κ3) is 7.99. The average molecular weight is 599 g/mol. The summed E-state index contributed by atoms with van der Waals surface area (Å²) in [7, 11) is 0. The molecule has 2 aliphatic heterocycles. The van der Waals surface area contributed by atoms with Crippen LogP contribution in [0.1, 0.15) is 51.7 Å². The molecule has 0 spiro atoms. The van der Waals surface area contributed by atoms with Crippen LogP contribution in [-0.2, 0) is 19.1 Å². The lowest BCUT2D eigenvalue weighted by Crippen LogP contribution is -2.44. The lowest BCUT2D eigenvalue weighted by molar-refractivity contribution is -0.145. The number of carbonyl (C=O) groups is 4. The fourth-order valence-electron chi connectivity index (χ4n) is 4.15. The summed E-state index contributed by atoms with van der Waals surface area (Å²) in [6.07, 6.45) is 3.79. The van der Waals surface area contributed by atoms with Crippen molar-refractivity contribution in [2.75, 3.05) is 26.2 Å². The summed E-state index contributed by atoms with van der Waals surface area (Å²) >= 11 is 0.768. The Labute approximate surface area is 248 Å². The number of amides is 3. The summed E-state index contributed by atoms with van der Waals surface area (Å²) in [4.78, 5) is 60.1. The van der Waals surface area contributed by atoms with E-state index in [1.54, 1.807) is 49.1 Å². The number of hydrogen-bond donors (Lipinski definition) is 0. The highest BCUT2D eigenvalue weighted by Crippen LogP contribution is 2.33. The number of carbonyl (C=O) groups excluding carboxylic acids is 4. The Balaban J connectivity index is 1.34. The third-order valence-corrected chi connectivity index (χ3v) is 7.13. The Hall–Kier alpha value is -4.13. The van der Waals surface area contributed by atoms with Gasteiger partial charge in [0.25, 0.3) is 11.1 Å². The van der Waals surface area contributed by atoms with Crippen LogP contribution >= 0.6 is 11.8 Å². The molecule has 2 fully saturated rings. The summed E-state index contributed by atoms with van der Waals surface area (Å²) < 4.78 is 22.4. The van der Waals surface area contributed by atoms with Crippen molar-refractivity contribution in [3.8, 4) is 17.5 Å². The molecule has 2 aliphatic rings. The van der Waals surface area contributed by atoms with Crippen molar-refractivity contribution in [2.24, 2.45) is 0 Å². The van der Waals surface area contributed by atoms with Crippen LogP contribution < -0.4 is 9.47 Å². The van der Waals surface area contributed by atoms with Crippen LogP contribution in [0, 0.1) is 6.92 Å². The minimum absolute atomic E-state index is 0.117. The molecule has 13 heteroatoms. The molecule has 12 nitrogen and oxygen atoms in total. The lowest BCUT2D eigenvalue weighted by Gasteiger charge is -2.33. The van der Waals surface area contributed by atoms with Gasteiger partial charge in [0.15, 0.2) is 0 Å². The van der Waals surface area contributed by atoms with Crippen LogP contribution in [0.5, 0.6) is 17.5 Å². The molecule has 0 bridgehead atoms. The third-order valence-electron chi connectivity index (χ3n) is 6.22. The molecule has 2 aromatic rings. The van der Waals surface area contributed by atoms with Crippen LogP contribution in [-0.4, -0.2) is 80.9 Å². The molecule has 3 amide bonds. The molecule has 42 heavy (non-hydrogen) atoms. The number of esters is 1. The van der Waals surface area contributed by atoms with Gasteiger partial charge in [0.1, 0.15) is 30.3 Å². The maximum Gasteiger partial charge on any atom is 0.410 e. The maximum absolute atomic E-state index is 12.6. The molecule has 4 rings (SSSR count). The summed E-state index contributed by atoms with van der Waals surface area (Å²) in [6, 6.07) is 6.90. The van der Waals surface area contributed by atoms with Gasteiger partial charge in [-0.15, -0.1) is 0 Å². The average Bonchev–Trinajstić information content (AvgIpc) is 3.18. The van der Waals surface area contributed by atoms with E-state index in [4.69, 9.17) is 18.9 Å². The normalized spacial score (nSPS) is 17.0. The second kappa shape index (κ2) is 13.2. The summed E-state index contributed by atoms with van der Waals surface area (Å²) in [5, 5.41) is -0.523. The van der Waals surface area contributed by atoms with Gasteiger partial charge in [0.05, 0.1) is 17.1 Å². The standard InChI is InChI=1S/C29H34N4O8S/c1-6-38-23(34)16-33-26(35)22(42-28(33)37)15-19-7-9-20(10-8-19)39-24-18(2)25(31-17-30-24)40-21-11-13-32(14-12-21)27(36)41-29(3,4)5/h7-10,15,17,21H,6,11-14,16H2,1-5H3/b22-15-. The molecule has 0 saturated carbocycles. The van der Waals surface area contributed by atoms with Gasteiger partial charge in [0, 0.05) is 25.9 Å². The van der Waals surface area contributed by atoms with E-state index in [2.05, 4.69) is 9.97 Å². The number of benzene rings is 1. The smallest absolute Gasteiger partial charge is 0.410 e. The van der Waals surface area contributed by atoms with E-state index in [-0.39, 0.29) is 23.7 Å². The van der Waals surface area contributed by atoms with E-state index in [1.807, 2.05) is 20.8 Å². The highest BCUT2D eigenvalue weighted by molar-refractivity contribution is 8.18. The van der Waals surface area contributed by atoms with Crippen molar-refractivity contribution >= 4 is 41.0 Å². The van der Waals surface area contributed by atoms with E-state index in [0.29, 0.717) is 54.6 Å². The predicted molar refractivity (Wildman–Crippen MR) is 154 cm³/mol. The van der Waals surface area contributed by atoms with Crippen molar-refractivity contribution in [1.82, 2.24) is 19.8 Å². The second-order valence-electron chi connectivity index (χ2n) is 10.6. The van der Waals surface area contributed by atoms with E-state index in [1.165, 1.54) is 6.33 Å². The van der Waals surface area contributed by atoms with Gasteiger partial charge in [-0.05, 0) is 70.2 Å². The number of imide groups is 1. The largest absolute Gasteiger partial charge is 0.474 e. The van der Waals surface area contributed by atoms with E-state index in [9.17, 15) is 19.2 Å². The van der Waals surface area contributed by atoms with Gasteiger partial charge in [-0.25, -0.2) is 14.8 Å². The van der Waals surface area contributed by atoms with Crippen LogP contribution in [0.15, 0.2) is 35.5 Å². The molecule has 224 valence electrons. The molecule has 1 aromatic carbocycles. The Morgan fingerprint density at radius 3 is 2.38 bits per heavy atom. The van der Waals surface area contributed by atoms with Crippen molar-refractivity contribution in [3.05, 3.63) is 46.6 Å². The molecule has 2 saturated heterocycles. The first-order valence-electron chi connectivity index (χ1n) is 13.6. The van der Waals surface area contributed by atoms with Gasteiger partial charge < -0.3 is 23.8 Å². The second-order valence-corrected chi connectivity index (χ2v) is 11.6. The Bertz CT molecular complexity index is 1360. The number of ether oxygens (including phenoxy) is 4. The van der Waals surface area contributed by atoms with Gasteiger partial charge in [-0.2, -0.15) is 0 Å². The Morgan fingerprint density at radius 2 is 1.74 bits per heavy atom. The minimum atomic E-state index is -0.639. The van der Waals surface area contributed by atoms with Crippen molar-refractivity contribution in [3.63, 3.8) is 0 Å². The van der Waals surface area contributed by atoms with E-state index in [0.717, 1.165) is 16.7 Å². The number of hydrogen-bond acceptors (Lipinski definition) is 11. The van der Waals surface area contributed by atoms with Gasteiger partial charge >= 0.3 is 12.1 Å².